The Hall–Kier alpha value is -1.74. The molecule has 11 heteroatoms. The molecular formula is C17H23Cl3N6OS. The molecule has 0 amide bonds. The second-order valence-electron chi connectivity index (χ2n) is 5.57. The number of imidazole rings is 1. The Morgan fingerprint density at radius 3 is 2.54 bits per heavy atom. The van der Waals surface area contributed by atoms with Crippen molar-refractivity contribution in [2.75, 3.05) is 17.6 Å². The van der Waals surface area contributed by atoms with Gasteiger partial charge in [-0.3, -0.25) is 14.8 Å². The number of aromatic amines is 2. The van der Waals surface area contributed by atoms with Crippen LogP contribution in [-0.2, 0) is 12.2 Å². The number of aryl methyl sites for hydroxylation is 1. The molecule has 3 rings (SSSR count). The Balaban J connectivity index is 0.00000243. The average molecular weight is 466 g/mol. The summed E-state index contributed by atoms with van der Waals surface area (Å²) in [6.45, 7) is 2.74. The first-order valence-corrected chi connectivity index (χ1v) is 9.15. The van der Waals surface area contributed by atoms with E-state index in [1.165, 1.54) is 0 Å². The summed E-state index contributed by atoms with van der Waals surface area (Å²) in [5.41, 5.74) is 3.75. The number of pyridine rings is 1. The Morgan fingerprint density at radius 1 is 1.14 bits per heavy atom. The normalized spacial score (nSPS) is 9.61. The van der Waals surface area contributed by atoms with Crippen LogP contribution >= 0.6 is 49.0 Å². The van der Waals surface area contributed by atoms with Crippen LogP contribution in [-0.4, -0.2) is 37.2 Å². The fourth-order valence-corrected chi connectivity index (χ4v) is 3.18. The van der Waals surface area contributed by atoms with Crippen molar-refractivity contribution in [3.63, 3.8) is 0 Å². The summed E-state index contributed by atoms with van der Waals surface area (Å²) in [4.78, 5) is 30.5. The number of aromatic nitrogens is 5. The van der Waals surface area contributed by atoms with Gasteiger partial charge in [0.1, 0.15) is 0 Å². The van der Waals surface area contributed by atoms with Gasteiger partial charge in [0.2, 0.25) is 5.95 Å². The number of H-pyrrole nitrogens is 2. The molecule has 3 N–H and O–H groups in total. The molecule has 3 aromatic rings. The molecule has 0 radical (unpaired) electrons. The van der Waals surface area contributed by atoms with Gasteiger partial charge in [-0.2, -0.15) is 11.8 Å². The molecule has 28 heavy (non-hydrogen) atoms. The first kappa shape index (κ1) is 26.3. The lowest BCUT2D eigenvalue weighted by Crippen LogP contribution is -2.18. The van der Waals surface area contributed by atoms with Crippen LogP contribution in [0.3, 0.4) is 0 Å². The van der Waals surface area contributed by atoms with E-state index in [1.54, 1.807) is 36.7 Å². The summed E-state index contributed by atoms with van der Waals surface area (Å²) in [6.07, 6.45) is 7.32. The van der Waals surface area contributed by atoms with Crippen molar-refractivity contribution < 1.29 is 0 Å². The molecule has 0 saturated heterocycles. The lowest BCUT2D eigenvalue weighted by atomic mass is 10.1. The molecule has 0 bridgehead atoms. The Labute approximate surface area is 186 Å². The van der Waals surface area contributed by atoms with Gasteiger partial charge >= 0.3 is 0 Å². The molecule has 0 spiro atoms. The maximum absolute atomic E-state index is 12.2. The van der Waals surface area contributed by atoms with Gasteiger partial charge in [0.05, 0.1) is 12.0 Å². The zero-order valence-electron chi connectivity index (χ0n) is 15.2. The molecule has 3 aromatic heterocycles. The first-order chi connectivity index (χ1) is 12.2. The average Bonchev–Trinajstić information content (AvgIpc) is 3.03. The fourth-order valence-electron chi connectivity index (χ4n) is 2.30. The number of nitrogens with one attached hydrogen (secondary N) is 3. The molecule has 0 aliphatic carbocycles. The van der Waals surface area contributed by atoms with Crippen LogP contribution in [0.1, 0.15) is 22.5 Å². The molecule has 0 aliphatic rings. The molecule has 0 fully saturated rings. The largest absolute Gasteiger partial charge is 0.355 e. The van der Waals surface area contributed by atoms with Crippen molar-refractivity contribution in [3.8, 4) is 0 Å². The minimum atomic E-state index is -0.117. The van der Waals surface area contributed by atoms with Crippen molar-refractivity contribution in [1.29, 1.82) is 0 Å². The molecule has 0 aromatic carbocycles. The van der Waals surface area contributed by atoms with Crippen LogP contribution in [0.15, 0.2) is 41.8 Å². The Morgan fingerprint density at radius 2 is 1.89 bits per heavy atom. The van der Waals surface area contributed by atoms with E-state index < -0.39 is 0 Å². The SMILES string of the molecule is Cc1[nH]cnc1CSCCNc1ncc(Cc2ccncc2)c(=O)[nH]1.Cl.Cl.Cl. The lowest BCUT2D eigenvalue weighted by Gasteiger charge is -2.06. The quantitative estimate of drug-likeness (QED) is 0.441. The standard InChI is InChI=1S/C17H20N6OS.3ClH/c1-12-15(22-11-21-12)10-25-7-6-19-17-20-9-14(16(24)23-17)8-13-2-4-18-5-3-13;;;/h2-5,9,11H,6-8,10H2,1H3,(H,21,22)(H2,19,20,23,24);3*1H. The minimum absolute atomic E-state index is 0. The number of hydrogen-bond acceptors (Lipinski definition) is 6. The lowest BCUT2D eigenvalue weighted by molar-refractivity contribution is 1.00. The van der Waals surface area contributed by atoms with Gasteiger partial charge in [0, 0.05) is 54.3 Å². The highest BCUT2D eigenvalue weighted by atomic mass is 35.5. The van der Waals surface area contributed by atoms with Crippen LogP contribution in [0.5, 0.6) is 0 Å². The predicted molar refractivity (Wildman–Crippen MR) is 122 cm³/mol. The van der Waals surface area contributed by atoms with E-state index in [4.69, 9.17) is 0 Å². The number of rotatable bonds is 8. The smallest absolute Gasteiger partial charge is 0.255 e. The van der Waals surface area contributed by atoms with Gasteiger partial charge in [-0.1, -0.05) is 0 Å². The monoisotopic (exact) mass is 464 g/mol. The molecule has 0 atom stereocenters. The van der Waals surface area contributed by atoms with Crippen LogP contribution in [0.4, 0.5) is 5.95 Å². The Bertz CT molecular complexity index is 875. The molecular weight excluding hydrogens is 443 g/mol. The van der Waals surface area contributed by atoms with Gasteiger partial charge in [-0.25, -0.2) is 9.97 Å². The zero-order chi connectivity index (χ0) is 17.5. The van der Waals surface area contributed by atoms with E-state index in [9.17, 15) is 4.79 Å². The van der Waals surface area contributed by atoms with E-state index in [0.717, 1.165) is 35.0 Å². The van der Waals surface area contributed by atoms with Crippen molar-refractivity contribution in [2.45, 2.75) is 19.1 Å². The molecule has 0 aliphatic heterocycles. The number of nitrogens with zero attached hydrogens (tertiary/aromatic N) is 3. The first-order valence-electron chi connectivity index (χ1n) is 8.00. The minimum Gasteiger partial charge on any atom is -0.355 e. The van der Waals surface area contributed by atoms with Gasteiger partial charge in [-0.05, 0) is 24.6 Å². The summed E-state index contributed by atoms with van der Waals surface area (Å²) in [5.74, 6) is 2.26. The maximum atomic E-state index is 12.2. The topological polar surface area (TPSA) is 99.3 Å². The van der Waals surface area contributed by atoms with Crippen molar-refractivity contribution in [3.05, 3.63) is 69.9 Å². The third-order valence-electron chi connectivity index (χ3n) is 3.73. The zero-order valence-corrected chi connectivity index (χ0v) is 18.4. The van der Waals surface area contributed by atoms with Crippen LogP contribution in [0.2, 0.25) is 0 Å². The number of thioether (sulfide) groups is 1. The van der Waals surface area contributed by atoms with E-state index in [-0.39, 0.29) is 42.8 Å². The van der Waals surface area contributed by atoms with E-state index in [1.807, 2.05) is 19.1 Å². The summed E-state index contributed by atoms with van der Waals surface area (Å²) >= 11 is 1.78. The van der Waals surface area contributed by atoms with Crippen molar-refractivity contribution in [1.82, 2.24) is 24.9 Å². The summed E-state index contributed by atoms with van der Waals surface area (Å²) in [5, 5.41) is 3.15. The predicted octanol–water partition coefficient (Wildman–Crippen LogP) is 3.40. The summed E-state index contributed by atoms with van der Waals surface area (Å²) < 4.78 is 0. The van der Waals surface area contributed by atoms with E-state index in [2.05, 4.69) is 30.2 Å². The molecule has 3 heterocycles. The van der Waals surface area contributed by atoms with E-state index in [0.29, 0.717) is 17.9 Å². The maximum Gasteiger partial charge on any atom is 0.255 e. The highest BCUT2D eigenvalue weighted by molar-refractivity contribution is 7.98. The number of halogens is 3. The molecule has 0 unspecified atom stereocenters. The van der Waals surface area contributed by atoms with Crippen LogP contribution < -0.4 is 10.9 Å². The van der Waals surface area contributed by atoms with Gasteiger partial charge in [0.25, 0.3) is 5.56 Å². The van der Waals surface area contributed by atoms with Gasteiger partial charge < -0.3 is 10.3 Å². The summed E-state index contributed by atoms with van der Waals surface area (Å²) in [6, 6.07) is 3.79. The number of anilines is 1. The van der Waals surface area contributed by atoms with Crippen molar-refractivity contribution in [2.24, 2.45) is 0 Å². The highest BCUT2D eigenvalue weighted by Crippen LogP contribution is 2.12. The second-order valence-corrected chi connectivity index (χ2v) is 6.68. The Kier molecular flexibility index (Phi) is 12.6. The number of hydrogen-bond donors (Lipinski definition) is 3. The van der Waals surface area contributed by atoms with Crippen LogP contribution in [0, 0.1) is 6.92 Å². The third kappa shape index (κ3) is 7.71. The van der Waals surface area contributed by atoms with Gasteiger partial charge in [-0.15, -0.1) is 37.2 Å². The van der Waals surface area contributed by atoms with E-state index >= 15 is 0 Å². The van der Waals surface area contributed by atoms with Gasteiger partial charge in [0.15, 0.2) is 0 Å². The van der Waals surface area contributed by atoms with Crippen LogP contribution in [0.25, 0.3) is 0 Å². The molecule has 0 saturated carbocycles. The summed E-state index contributed by atoms with van der Waals surface area (Å²) in [7, 11) is 0. The second kappa shape index (κ2) is 13.4. The third-order valence-corrected chi connectivity index (χ3v) is 4.70. The molecule has 154 valence electrons. The van der Waals surface area contributed by atoms with Crippen molar-refractivity contribution >= 4 is 54.9 Å². The fraction of sp³-hybridized carbons (Fsp3) is 0.294. The molecule has 7 nitrogen and oxygen atoms in total. The highest BCUT2D eigenvalue weighted by Gasteiger charge is 2.04.